The van der Waals surface area contributed by atoms with Crippen LogP contribution in [-0.4, -0.2) is 33.8 Å². The number of anilines is 1. The first kappa shape index (κ1) is 24.8. The number of thioether (sulfide) groups is 2. The number of rotatable bonds is 13. The van der Waals surface area contributed by atoms with Crippen LogP contribution in [0.1, 0.15) is 58.9 Å². The van der Waals surface area contributed by atoms with Crippen LogP contribution in [0.2, 0.25) is 0 Å². The van der Waals surface area contributed by atoms with Crippen molar-refractivity contribution in [2.24, 2.45) is 0 Å². The van der Waals surface area contributed by atoms with Gasteiger partial charge < -0.3 is 10.6 Å². The van der Waals surface area contributed by atoms with Gasteiger partial charge in [-0.05, 0) is 50.3 Å². The first-order valence-corrected chi connectivity index (χ1v) is 12.1. The zero-order valence-corrected chi connectivity index (χ0v) is 19.0. The van der Waals surface area contributed by atoms with Crippen molar-refractivity contribution in [3.63, 3.8) is 0 Å². The lowest BCUT2D eigenvalue weighted by atomic mass is 10.1. The molecule has 158 valence electrons. The number of carbonyl (C=O) groups excluding carboxylic acids is 2. The van der Waals surface area contributed by atoms with Crippen LogP contribution in [0.3, 0.4) is 0 Å². The summed E-state index contributed by atoms with van der Waals surface area (Å²) in [7, 11) is 0. The SMILES string of the molecule is CCCCS[C@@H](C)C(=O)NCc1c(F)cccc1NC(=O)[C@@H](C)SCCCC. The van der Waals surface area contributed by atoms with Gasteiger partial charge in [-0.15, -0.1) is 23.5 Å². The molecule has 7 heteroatoms. The molecule has 0 unspecified atom stereocenters. The predicted molar refractivity (Wildman–Crippen MR) is 121 cm³/mol. The van der Waals surface area contributed by atoms with Gasteiger partial charge in [-0.25, -0.2) is 4.39 Å². The molecule has 0 aliphatic rings. The molecule has 0 heterocycles. The summed E-state index contributed by atoms with van der Waals surface area (Å²) in [6.07, 6.45) is 4.31. The second kappa shape index (κ2) is 13.9. The number of halogens is 1. The van der Waals surface area contributed by atoms with E-state index in [9.17, 15) is 14.0 Å². The minimum atomic E-state index is -0.435. The highest BCUT2D eigenvalue weighted by Crippen LogP contribution is 2.22. The number of benzene rings is 1. The molecule has 2 N–H and O–H groups in total. The maximum absolute atomic E-state index is 14.3. The van der Waals surface area contributed by atoms with Crippen molar-refractivity contribution < 1.29 is 14.0 Å². The van der Waals surface area contributed by atoms with Gasteiger partial charge in [0, 0.05) is 17.8 Å². The lowest BCUT2D eigenvalue weighted by molar-refractivity contribution is -0.120. The summed E-state index contributed by atoms with van der Waals surface area (Å²) in [6.45, 7) is 7.99. The molecule has 2 amide bonds. The first-order chi connectivity index (χ1) is 13.4. The summed E-state index contributed by atoms with van der Waals surface area (Å²) in [5.41, 5.74) is 0.722. The Bertz CT molecular complexity index is 628. The molecule has 1 aromatic rings. The van der Waals surface area contributed by atoms with E-state index in [1.165, 1.54) is 6.07 Å². The Morgan fingerprint density at radius 2 is 1.57 bits per heavy atom. The van der Waals surface area contributed by atoms with E-state index in [1.807, 2.05) is 13.8 Å². The third kappa shape index (κ3) is 8.86. The molecule has 0 spiro atoms. The number of nitrogens with one attached hydrogen (secondary N) is 2. The summed E-state index contributed by atoms with van der Waals surface area (Å²) in [4.78, 5) is 24.7. The minimum absolute atomic E-state index is 0.0527. The third-order valence-electron chi connectivity index (χ3n) is 4.29. The van der Waals surface area contributed by atoms with Gasteiger partial charge in [-0.3, -0.25) is 9.59 Å². The quantitative estimate of drug-likeness (QED) is 0.423. The van der Waals surface area contributed by atoms with Crippen LogP contribution in [0.4, 0.5) is 10.1 Å². The standard InChI is InChI=1S/C21H33FN2O2S2/c1-5-7-12-27-15(3)20(25)23-14-17-18(22)10-9-11-19(17)24-21(26)16(4)28-13-8-6-2/h9-11,15-16H,5-8,12-14H2,1-4H3,(H,23,25)(H,24,26)/t15-,16+/m0/s1. The van der Waals surface area contributed by atoms with E-state index in [2.05, 4.69) is 24.5 Å². The molecule has 0 saturated carbocycles. The fourth-order valence-electron chi connectivity index (χ4n) is 2.37. The third-order valence-corrected chi connectivity index (χ3v) is 6.76. The lowest BCUT2D eigenvalue weighted by Gasteiger charge is -2.17. The Balaban J connectivity index is 2.67. The monoisotopic (exact) mass is 428 g/mol. The Morgan fingerprint density at radius 3 is 2.14 bits per heavy atom. The van der Waals surface area contributed by atoms with Gasteiger partial charge in [0.25, 0.3) is 0 Å². The molecule has 0 radical (unpaired) electrons. The summed E-state index contributed by atoms with van der Waals surface area (Å²) in [5, 5.41) is 5.21. The Labute approximate surface area is 177 Å². The van der Waals surface area contributed by atoms with E-state index in [4.69, 9.17) is 0 Å². The van der Waals surface area contributed by atoms with E-state index in [0.29, 0.717) is 11.3 Å². The average Bonchev–Trinajstić information content (AvgIpc) is 2.67. The predicted octanol–water partition coefficient (Wildman–Crippen LogP) is 5.22. The van der Waals surface area contributed by atoms with E-state index in [0.717, 1.165) is 37.2 Å². The first-order valence-electron chi connectivity index (χ1n) is 9.99. The molecule has 0 fully saturated rings. The van der Waals surface area contributed by atoms with E-state index < -0.39 is 5.82 Å². The van der Waals surface area contributed by atoms with Crippen LogP contribution in [0.15, 0.2) is 18.2 Å². The van der Waals surface area contributed by atoms with E-state index in [-0.39, 0.29) is 28.9 Å². The van der Waals surface area contributed by atoms with Gasteiger partial charge in [-0.1, -0.05) is 32.8 Å². The van der Waals surface area contributed by atoms with E-state index >= 15 is 0 Å². The van der Waals surface area contributed by atoms with Crippen molar-refractivity contribution in [2.45, 2.75) is 70.4 Å². The summed E-state index contributed by atoms with van der Waals surface area (Å²) in [5.74, 6) is 1.15. The smallest absolute Gasteiger partial charge is 0.237 e. The van der Waals surface area contributed by atoms with Crippen LogP contribution in [0.25, 0.3) is 0 Å². The van der Waals surface area contributed by atoms with Crippen molar-refractivity contribution in [2.75, 3.05) is 16.8 Å². The van der Waals surface area contributed by atoms with Crippen LogP contribution < -0.4 is 10.6 Å². The second-order valence-electron chi connectivity index (χ2n) is 6.71. The number of unbranched alkanes of at least 4 members (excludes halogenated alkanes) is 2. The molecule has 0 aliphatic carbocycles. The molecule has 1 rings (SSSR count). The largest absolute Gasteiger partial charge is 0.351 e. The number of carbonyl (C=O) groups is 2. The molecule has 4 nitrogen and oxygen atoms in total. The zero-order valence-electron chi connectivity index (χ0n) is 17.3. The van der Waals surface area contributed by atoms with Gasteiger partial charge in [0.05, 0.1) is 10.5 Å². The maximum atomic E-state index is 14.3. The highest BCUT2D eigenvalue weighted by Gasteiger charge is 2.18. The van der Waals surface area contributed by atoms with E-state index in [1.54, 1.807) is 35.7 Å². The summed E-state index contributed by atoms with van der Waals surface area (Å²) in [6, 6.07) is 4.58. The van der Waals surface area contributed by atoms with Crippen LogP contribution in [0.5, 0.6) is 0 Å². The fraction of sp³-hybridized carbons (Fsp3) is 0.619. The minimum Gasteiger partial charge on any atom is -0.351 e. The highest BCUT2D eigenvalue weighted by atomic mass is 32.2. The molecule has 0 saturated heterocycles. The van der Waals surface area contributed by atoms with Crippen LogP contribution >= 0.6 is 23.5 Å². The molecule has 1 aromatic carbocycles. The molecule has 28 heavy (non-hydrogen) atoms. The highest BCUT2D eigenvalue weighted by molar-refractivity contribution is 8.00. The topological polar surface area (TPSA) is 58.2 Å². The Morgan fingerprint density at radius 1 is 1.00 bits per heavy atom. The summed E-state index contributed by atoms with van der Waals surface area (Å²) >= 11 is 3.19. The number of hydrogen-bond acceptors (Lipinski definition) is 4. The molecule has 2 atom stereocenters. The van der Waals surface area contributed by atoms with Crippen molar-refractivity contribution in [1.82, 2.24) is 5.32 Å². The van der Waals surface area contributed by atoms with Gasteiger partial charge >= 0.3 is 0 Å². The number of amides is 2. The van der Waals surface area contributed by atoms with Crippen molar-refractivity contribution in [3.8, 4) is 0 Å². The Hall–Kier alpha value is -1.21. The maximum Gasteiger partial charge on any atom is 0.237 e. The molecular weight excluding hydrogens is 395 g/mol. The summed E-state index contributed by atoms with van der Waals surface area (Å²) < 4.78 is 14.3. The van der Waals surface area contributed by atoms with Gasteiger partial charge in [0.15, 0.2) is 0 Å². The normalized spacial score (nSPS) is 13.0. The molecular formula is C21H33FN2O2S2. The molecule has 0 aliphatic heterocycles. The van der Waals surface area contributed by atoms with Gasteiger partial charge in [-0.2, -0.15) is 0 Å². The fourth-order valence-corrected chi connectivity index (χ4v) is 4.43. The van der Waals surface area contributed by atoms with Crippen molar-refractivity contribution in [3.05, 3.63) is 29.6 Å². The lowest BCUT2D eigenvalue weighted by Crippen LogP contribution is -2.31. The Kier molecular flexibility index (Phi) is 12.3. The zero-order chi connectivity index (χ0) is 20.9. The molecule has 0 bridgehead atoms. The van der Waals surface area contributed by atoms with Crippen molar-refractivity contribution >= 4 is 41.0 Å². The second-order valence-corrected chi connectivity index (χ2v) is 9.60. The van der Waals surface area contributed by atoms with Crippen molar-refractivity contribution in [1.29, 1.82) is 0 Å². The van der Waals surface area contributed by atoms with Gasteiger partial charge in [0.2, 0.25) is 11.8 Å². The van der Waals surface area contributed by atoms with Crippen LogP contribution in [0, 0.1) is 5.82 Å². The number of hydrogen-bond donors (Lipinski definition) is 2. The molecule has 0 aromatic heterocycles. The average molecular weight is 429 g/mol. The van der Waals surface area contributed by atoms with Gasteiger partial charge in [0.1, 0.15) is 5.82 Å². The van der Waals surface area contributed by atoms with Crippen LogP contribution in [-0.2, 0) is 16.1 Å².